The molecule has 0 amide bonds. The molecule has 6 heteroatoms. The third-order valence-electron chi connectivity index (χ3n) is 3.51. The number of esters is 1. The van der Waals surface area contributed by atoms with Crippen molar-refractivity contribution in [1.29, 1.82) is 0 Å². The zero-order valence-corrected chi connectivity index (χ0v) is 10.8. The van der Waals surface area contributed by atoms with E-state index in [-0.39, 0.29) is 6.04 Å². The van der Waals surface area contributed by atoms with E-state index >= 15 is 0 Å². The standard InChI is InChI=1S/C12H20F3NO2/c1-11(10(17)18-2,12(13,14)15)16-9-7-5-3-4-6-8-9/h9,16H,3-8H2,1-2H3. The quantitative estimate of drug-likeness (QED) is 0.631. The van der Waals surface area contributed by atoms with Crippen LogP contribution in [0.5, 0.6) is 0 Å². The maximum atomic E-state index is 13.0. The molecule has 1 N–H and O–H groups in total. The third kappa shape index (κ3) is 3.37. The predicted octanol–water partition coefficient (Wildman–Crippen LogP) is 2.79. The summed E-state index contributed by atoms with van der Waals surface area (Å²) in [4.78, 5) is 11.4. The van der Waals surface area contributed by atoms with Crippen LogP contribution in [0.3, 0.4) is 0 Å². The minimum absolute atomic E-state index is 0.279. The molecule has 1 rings (SSSR count). The lowest BCUT2D eigenvalue weighted by Gasteiger charge is -2.34. The summed E-state index contributed by atoms with van der Waals surface area (Å²) in [5.74, 6) is -1.28. The second-order valence-corrected chi connectivity index (χ2v) is 4.95. The minimum atomic E-state index is -4.66. The number of hydrogen-bond acceptors (Lipinski definition) is 3. The summed E-state index contributed by atoms with van der Waals surface area (Å²) < 4.78 is 43.4. The molecule has 3 nitrogen and oxygen atoms in total. The van der Waals surface area contributed by atoms with Gasteiger partial charge in [-0.25, -0.2) is 4.79 Å². The zero-order valence-electron chi connectivity index (χ0n) is 10.8. The summed E-state index contributed by atoms with van der Waals surface area (Å²) in [6.07, 6.45) is 0.551. The molecule has 1 aliphatic carbocycles. The van der Waals surface area contributed by atoms with Gasteiger partial charge in [0.15, 0.2) is 0 Å². The molecule has 1 fully saturated rings. The van der Waals surface area contributed by atoms with E-state index in [9.17, 15) is 18.0 Å². The third-order valence-corrected chi connectivity index (χ3v) is 3.51. The summed E-state index contributed by atoms with van der Waals surface area (Å²) in [6.45, 7) is 0.851. The van der Waals surface area contributed by atoms with Gasteiger partial charge in [0, 0.05) is 6.04 Å². The number of alkyl halides is 3. The fraction of sp³-hybridized carbons (Fsp3) is 0.917. The number of carbonyl (C=O) groups excluding carboxylic acids is 1. The van der Waals surface area contributed by atoms with E-state index in [1.807, 2.05) is 0 Å². The highest BCUT2D eigenvalue weighted by Gasteiger charge is 2.58. The number of nitrogens with one attached hydrogen (secondary N) is 1. The summed E-state index contributed by atoms with van der Waals surface area (Å²) in [5.41, 5.74) is -2.61. The summed E-state index contributed by atoms with van der Waals surface area (Å²) >= 11 is 0. The first-order valence-corrected chi connectivity index (χ1v) is 6.24. The van der Waals surface area contributed by atoms with Crippen LogP contribution in [0.2, 0.25) is 0 Å². The van der Waals surface area contributed by atoms with E-state index in [1.54, 1.807) is 0 Å². The summed E-state index contributed by atoms with van der Waals surface area (Å²) in [5, 5.41) is 2.46. The average Bonchev–Trinajstić information content (AvgIpc) is 2.54. The Morgan fingerprint density at radius 3 is 2.06 bits per heavy atom. The van der Waals surface area contributed by atoms with Crippen LogP contribution in [0, 0.1) is 0 Å². The van der Waals surface area contributed by atoms with Crippen LogP contribution in [0.25, 0.3) is 0 Å². The van der Waals surface area contributed by atoms with E-state index in [4.69, 9.17) is 0 Å². The Morgan fingerprint density at radius 1 is 1.17 bits per heavy atom. The van der Waals surface area contributed by atoms with Crippen LogP contribution in [-0.4, -0.2) is 30.8 Å². The molecule has 1 saturated carbocycles. The number of hydrogen-bond donors (Lipinski definition) is 1. The van der Waals surface area contributed by atoms with Crippen molar-refractivity contribution in [2.45, 2.75) is 63.2 Å². The van der Waals surface area contributed by atoms with Crippen molar-refractivity contribution in [2.75, 3.05) is 7.11 Å². The molecule has 0 aromatic rings. The molecular formula is C12H20F3NO2. The van der Waals surface area contributed by atoms with Gasteiger partial charge in [0.2, 0.25) is 5.54 Å². The first-order valence-electron chi connectivity index (χ1n) is 6.24. The molecule has 1 atom stereocenters. The van der Waals surface area contributed by atoms with Gasteiger partial charge < -0.3 is 4.74 Å². The van der Waals surface area contributed by atoms with Crippen LogP contribution in [0.15, 0.2) is 0 Å². The first-order chi connectivity index (χ1) is 8.31. The highest BCUT2D eigenvalue weighted by Crippen LogP contribution is 2.33. The normalized spacial score (nSPS) is 22.1. The summed E-state index contributed by atoms with van der Waals surface area (Å²) in [7, 11) is 0.973. The van der Waals surface area contributed by atoms with E-state index in [1.165, 1.54) is 0 Å². The average molecular weight is 267 g/mol. The van der Waals surface area contributed by atoms with Crippen molar-refractivity contribution >= 4 is 5.97 Å². The minimum Gasteiger partial charge on any atom is -0.467 e. The van der Waals surface area contributed by atoms with Crippen LogP contribution in [0.1, 0.15) is 45.4 Å². The van der Waals surface area contributed by atoms with Gasteiger partial charge in [-0.15, -0.1) is 0 Å². The lowest BCUT2D eigenvalue weighted by molar-refractivity contribution is -0.209. The molecule has 0 aliphatic heterocycles. The molecule has 0 aromatic carbocycles. The number of halogens is 3. The van der Waals surface area contributed by atoms with Crippen molar-refractivity contribution in [2.24, 2.45) is 0 Å². The van der Waals surface area contributed by atoms with Crippen LogP contribution in [-0.2, 0) is 9.53 Å². The molecule has 0 aromatic heterocycles. The Labute approximate surface area is 105 Å². The smallest absolute Gasteiger partial charge is 0.417 e. The molecular weight excluding hydrogens is 247 g/mol. The van der Waals surface area contributed by atoms with Crippen molar-refractivity contribution < 1.29 is 22.7 Å². The highest BCUT2D eigenvalue weighted by atomic mass is 19.4. The van der Waals surface area contributed by atoms with Crippen LogP contribution in [0.4, 0.5) is 13.2 Å². The molecule has 0 heterocycles. The van der Waals surface area contributed by atoms with Crippen LogP contribution < -0.4 is 5.32 Å². The van der Waals surface area contributed by atoms with Gasteiger partial charge in [0.1, 0.15) is 0 Å². The molecule has 1 aliphatic rings. The van der Waals surface area contributed by atoms with E-state index < -0.39 is 17.7 Å². The monoisotopic (exact) mass is 267 g/mol. The van der Waals surface area contributed by atoms with Crippen molar-refractivity contribution in [3.05, 3.63) is 0 Å². The van der Waals surface area contributed by atoms with E-state index in [0.29, 0.717) is 12.8 Å². The van der Waals surface area contributed by atoms with Gasteiger partial charge in [0.25, 0.3) is 0 Å². The fourth-order valence-electron chi connectivity index (χ4n) is 2.29. The maximum Gasteiger partial charge on any atom is 0.417 e. The second-order valence-electron chi connectivity index (χ2n) is 4.95. The molecule has 0 spiro atoms. The Kier molecular flexibility index (Phi) is 5.01. The van der Waals surface area contributed by atoms with Gasteiger partial charge in [-0.1, -0.05) is 25.7 Å². The zero-order chi connectivity index (χ0) is 13.8. The fourth-order valence-corrected chi connectivity index (χ4v) is 2.29. The first kappa shape index (κ1) is 15.3. The SMILES string of the molecule is COC(=O)C(C)(NC1CCCCCC1)C(F)(F)F. The molecule has 18 heavy (non-hydrogen) atoms. The molecule has 106 valence electrons. The van der Waals surface area contributed by atoms with Gasteiger partial charge in [-0.2, -0.15) is 13.2 Å². The largest absolute Gasteiger partial charge is 0.467 e. The predicted molar refractivity (Wildman–Crippen MR) is 61.1 cm³/mol. The Balaban J connectivity index is 2.81. The van der Waals surface area contributed by atoms with Gasteiger partial charge in [0.05, 0.1) is 7.11 Å². The van der Waals surface area contributed by atoms with Gasteiger partial charge in [-0.05, 0) is 19.8 Å². The maximum absolute atomic E-state index is 13.0. The summed E-state index contributed by atoms with van der Waals surface area (Å²) in [6, 6.07) is -0.279. The number of carbonyl (C=O) groups is 1. The Morgan fingerprint density at radius 2 is 1.67 bits per heavy atom. The van der Waals surface area contributed by atoms with Gasteiger partial charge >= 0.3 is 12.1 Å². The number of rotatable bonds is 3. The molecule has 0 bridgehead atoms. The second kappa shape index (κ2) is 5.91. The van der Waals surface area contributed by atoms with E-state index in [0.717, 1.165) is 39.7 Å². The van der Waals surface area contributed by atoms with Crippen molar-refractivity contribution in [3.8, 4) is 0 Å². The van der Waals surface area contributed by atoms with Crippen LogP contribution >= 0.6 is 0 Å². The van der Waals surface area contributed by atoms with Gasteiger partial charge in [-0.3, -0.25) is 5.32 Å². The highest BCUT2D eigenvalue weighted by molar-refractivity contribution is 5.81. The lowest BCUT2D eigenvalue weighted by Crippen LogP contribution is -2.63. The lowest BCUT2D eigenvalue weighted by atomic mass is 9.97. The number of ether oxygens (including phenoxy) is 1. The molecule has 1 unspecified atom stereocenters. The van der Waals surface area contributed by atoms with Crippen molar-refractivity contribution in [1.82, 2.24) is 5.32 Å². The Hall–Kier alpha value is -0.780. The number of methoxy groups -OCH3 is 1. The Bertz CT molecular complexity index is 286. The molecule has 0 saturated heterocycles. The topological polar surface area (TPSA) is 38.3 Å². The van der Waals surface area contributed by atoms with Crippen molar-refractivity contribution in [3.63, 3.8) is 0 Å². The molecule has 0 radical (unpaired) electrons. The van der Waals surface area contributed by atoms with E-state index in [2.05, 4.69) is 10.1 Å².